The molecule has 2 N–H and O–H groups in total. The second-order valence-electron chi connectivity index (χ2n) is 5.00. The molecule has 9 heteroatoms. The van der Waals surface area contributed by atoms with Gasteiger partial charge in [0.1, 0.15) is 25.0 Å². The van der Waals surface area contributed by atoms with Crippen molar-refractivity contribution in [3.8, 4) is 0 Å². The Labute approximate surface area is 118 Å². The molecule has 3 atom stereocenters. The number of aromatic amines is 1. The molecule has 0 spiro atoms. The second kappa shape index (κ2) is 5.26. The third-order valence-corrected chi connectivity index (χ3v) is 3.66. The lowest BCUT2D eigenvalue weighted by Gasteiger charge is -2.16. The van der Waals surface area contributed by atoms with Crippen LogP contribution >= 0.6 is 0 Å². The number of rotatable bonds is 3. The molecule has 1 saturated heterocycles. The minimum absolute atomic E-state index is 0.172. The van der Waals surface area contributed by atoms with Crippen molar-refractivity contribution < 1.29 is 9.84 Å². The highest BCUT2D eigenvalue weighted by Gasteiger charge is 2.37. The molecule has 0 aromatic carbocycles. The number of hydrogen-bond acceptors (Lipinski definition) is 6. The van der Waals surface area contributed by atoms with Crippen molar-refractivity contribution in [2.45, 2.75) is 31.7 Å². The third kappa shape index (κ3) is 2.41. The van der Waals surface area contributed by atoms with Crippen molar-refractivity contribution in [3.05, 3.63) is 45.3 Å². The number of hydrogen-bond donors (Lipinski definition) is 2. The summed E-state index contributed by atoms with van der Waals surface area (Å²) in [5.74, 6) is 0. The lowest BCUT2D eigenvalue weighted by Crippen LogP contribution is -2.33. The number of nitrogens with one attached hydrogen (secondary N) is 1. The highest BCUT2D eigenvalue weighted by atomic mass is 16.5. The minimum atomic E-state index is -0.558. The van der Waals surface area contributed by atoms with Gasteiger partial charge in [-0.1, -0.05) is 0 Å². The molecule has 2 aromatic rings. The number of aliphatic hydroxyl groups excluding tert-OH is 1. The van der Waals surface area contributed by atoms with E-state index >= 15 is 0 Å². The van der Waals surface area contributed by atoms with Gasteiger partial charge in [-0.2, -0.15) is 0 Å². The van der Waals surface area contributed by atoms with E-state index in [1.807, 2.05) is 0 Å². The van der Waals surface area contributed by atoms with Crippen LogP contribution in [-0.2, 0) is 4.74 Å². The van der Waals surface area contributed by atoms with Crippen molar-refractivity contribution in [2.75, 3.05) is 6.61 Å². The molecule has 0 bridgehead atoms. The van der Waals surface area contributed by atoms with Gasteiger partial charge in [-0.15, -0.1) is 10.2 Å². The number of nitrogens with zero attached hydrogens (tertiary/aromatic N) is 4. The molecule has 1 aliphatic heterocycles. The smallest absolute Gasteiger partial charge is 0.330 e. The minimum Gasteiger partial charge on any atom is -0.394 e. The first-order valence-corrected chi connectivity index (χ1v) is 6.52. The second-order valence-corrected chi connectivity index (χ2v) is 5.00. The van der Waals surface area contributed by atoms with Gasteiger partial charge in [0.15, 0.2) is 0 Å². The molecule has 3 heterocycles. The molecule has 0 saturated carbocycles. The Morgan fingerprint density at radius 3 is 2.81 bits per heavy atom. The summed E-state index contributed by atoms with van der Waals surface area (Å²) in [5, 5.41) is 16.9. The highest BCUT2D eigenvalue weighted by molar-refractivity contribution is 5.02. The molecule has 1 fully saturated rings. The Morgan fingerprint density at radius 2 is 2.14 bits per heavy atom. The summed E-state index contributed by atoms with van der Waals surface area (Å²) in [6.07, 6.45) is 3.99. The van der Waals surface area contributed by atoms with Crippen molar-refractivity contribution >= 4 is 0 Å². The van der Waals surface area contributed by atoms with Crippen LogP contribution in [0.25, 0.3) is 0 Å². The molecular formula is C12H15N5O4. The number of aromatic nitrogens is 5. The van der Waals surface area contributed by atoms with Gasteiger partial charge in [-0.3, -0.25) is 14.3 Å². The topological polar surface area (TPSA) is 115 Å². The molecule has 2 aromatic heterocycles. The van der Waals surface area contributed by atoms with Crippen LogP contribution in [0.3, 0.4) is 0 Å². The molecule has 21 heavy (non-hydrogen) atoms. The van der Waals surface area contributed by atoms with Crippen LogP contribution in [0.5, 0.6) is 0 Å². The van der Waals surface area contributed by atoms with Crippen LogP contribution in [0.4, 0.5) is 0 Å². The van der Waals surface area contributed by atoms with E-state index in [2.05, 4.69) is 15.2 Å². The predicted octanol–water partition coefficient (Wildman–Crippen LogP) is -1.04. The fourth-order valence-electron chi connectivity index (χ4n) is 2.54. The average Bonchev–Trinajstić information content (AvgIpc) is 3.10. The van der Waals surface area contributed by atoms with Gasteiger partial charge in [0.2, 0.25) is 0 Å². The lowest BCUT2D eigenvalue weighted by atomic mass is 10.1. The Morgan fingerprint density at radius 1 is 1.43 bits per heavy atom. The van der Waals surface area contributed by atoms with Crippen LogP contribution < -0.4 is 11.2 Å². The van der Waals surface area contributed by atoms with Crippen LogP contribution in [0.1, 0.15) is 24.3 Å². The van der Waals surface area contributed by atoms with Crippen molar-refractivity contribution in [2.24, 2.45) is 0 Å². The van der Waals surface area contributed by atoms with E-state index in [4.69, 9.17) is 4.74 Å². The Bertz CT molecular complexity index is 735. The molecular weight excluding hydrogens is 278 g/mol. The number of ether oxygens (including phenoxy) is 1. The average molecular weight is 293 g/mol. The molecule has 9 nitrogen and oxygen atoms in total. The fraction of sp³-hybridized carbons (Fsp3) is 0.500. The van der Waals surface area contributed by atoms with Gasteiger partial charge in [-0.25, -0.2) is 4.79 Å². The van der Waals surface area contributed by atoms with E-state index < -0.39 is 23.6 Å². The lowest BCUT2D eigenvalue weighted by molar-refractivity contribution is -0.0315. The molecule has 0 aliphatic carbocycles. The third-order valence-electron chi connectivity index (χ3n) is 3.66. The van der Waals surface area contributed by atoms with E-state index in [9.17, 15) is 14.7 Å². The summed E-state index contributed by atoms with van der Waals surface area (Å²) >= 11 is 0. The van der Waals surface area contributed by atoms with Gasteiger partial charge >= 0.3 is 5.69 Å². The van der Waals surface area contributed by atoms with Crippen molar-refractivity contribution in [3.63, 3.8) is 0 Å². The summed E-state index contributed by atoms with van der Waals surface area (Å²) in [6.45, 7) is 1.43. The van der Waals surface area contributed by atoms with Gasteiger partial charge < -0.3 is 14.4 Å². The summed E-state index contributed by atoms with van der Waals surface area (Å²) in [4.78, 5) is 25.6. The van der Waals surface area contributed by atoms with Gasteiger partial charge in [0.05, 0.1) is 12.6 Å². The Balaban J connectivity index is 1.93. The molecule has 3 rings (SSSR count). The van der Waals surface area contributed by atoms with E-state index in [0.717, 1.165) is 0 Å². The van der Waals surface area contributed by atoms with E-state index in [1.54, 1.807) is 24.1 Å². The van der Waals surface area contributed by atoms with Crippen LogP contribution in [0.2, 0.25) is 0 Å². The SMILES string of the molecule is Cc1cn([C@H]2C[C@@H](n3cnnc3)[C@@H](CO)O2)c(=O)[nH]c1=O. The normalized spacial score (nSPS) is 25.3. The standard InChI is InChI=1S/C12H15N5O4/c1-7-3-17(12(20)15-11(7)19)10-2-8(9(4-18)21-10)16-5-13-14-6-16/h3,5-6,8-10,18H,2,4H2,1H3,(H,15,19,20)/t8-,9-,10-/m1/s1. The number of H-pyrrole nitrogens is 1. The first-order valence-electron chi connectivity index (χ1n) is 6.52. The van der Waals surface area contributed by atoms with Crippen LogP contribution in [-0.4, -0.2) is 42.1 Å². The van der Waals surface area contributed by atoms with Gasteiger partial charge in [0.25, 0.3) is 5.56 Å². The first kappa shape index (κ1) is 13.7. The number of aliphatic hydroxyl groups is 1. The summed E-state index contributed by atoms with van der Waals surface area (Å²) < 4.78 is 8.80. The fourth-order valence-corrected chi connectivity index (χ4v) is 2.54. The van der Waals surface area contributed by atoms with Crippen LogP contribution in [0, 0.1) is 6.92 Å². The maximum Gasteiger partial charge on any atom is 0.330 e. The van der Waals surface area contributed by atoms with Gasteiger partial charge in [0, 0.05) is 18.2 Å². The zero-order chi connectivity index (χ0) is 15.0. The van der Waals surface area contributed by atoms with Crippen molar-refractivity contribution in [1.82, 2.24) is 24.3 Å². The monoisotopic (exact) mass is 293 g/mol. The zero-order valence-corrected chi connectivity index (χ0v) is 11.3. The molecule has 1 aliphatic rings. The summed E-state index contributed by atoms with van der Waals surface area (Å²) in [6, 6.07) is -0.172. The molecule has 0 amide bonds. The van der Waals surface area contributed by atoms with Gasteiger partial charge in [-0.05, 0) is 6.92 Å². The first-order chi connectivity index (χ1) is 10.1. The summed E-state index contributed by atoms with van der Waals surface area (Å²) in [5.41, 5.74) is -0.522. The number of aryl methyl sites for hydroxylation is 1. The quantitative estimate of drug-likeness (QED) is 0.746. The Hall–Kier alpha value is -2.26. The van der Waals surface area contributed by atoms with E-state index in [1.165, 1.54) is 10.8 Å². The maximum absolute atomic E-state index is 11.9. The molecule has 112 valence electrons. The molecule has 0 unspecified atom stereocenters. The van der Waals surface area contributed by atoms with Crippen molar-refractivity contribution in [1.29, 1.82) is 0 Å². The maximum atomic E-state index is 11.9. The molecule has 0 radical (unpaired) electrons. The zero-order valence-electron chi connectivity index (χ0n) is 11.3. The summed E-state index contributed by atoms with van der Waals surface area (Å²) in [7, 11) is 0. The van der Waals surface area contributed by atoms with E-state index in [-0.39, 0.29) is 12.6 Å². The largest absolute Gasteiger partial charge is 0.394 e. The van der Waals surface area contributed by atoms with Crippen LogP contribution in [0.15, 0.2) is 28.4 Å². The highest BCUT2D eigenvalue weighted by Crippen LogP contribution is 2.35. The predicted molar refractivity (Wildman–Crippen MR) is 70.7 cm³/mol. The Kier molecular flexibility index (Phi) is 3.43. The van der Waals surface area contributed by atoms with E-state index in [0.29, 0.717) is 12.0 Å².